The molecule has 7 rings (SSSR count). The molecule has 5 aromatic rings. The van der Waals surface area contributed by atoms with Crippen LogP contribution < -0.4 is 10.2 Å². The van der Waals surface area contributed by atoms with Crippen molar-refractivity contribution in [3.63, 3.8) is 0 Å². The molecule has 1 N–H and O–H groups in total. The van der Waals surface area contributed by atoms with Gasteiger partial charge in [-0.25, -0.2) is 0 Å². The first-order chi connectivity index (χ1) is 20.6. The number of nitriles is 2. The molecule has 5 aromatic carbocycles. The van der Waals surface area contributed by atoms with Gasteiger partial charge in [-0.05, 0) is 91.1 Å². The summed E-state index contributed by atoms with van der Waals surface area (Å²) in [6, 6.07) is 35.0. The van der Waals surface area contributed by atoms with Gasteiger partial charge in [0.05, 0.1) is 33.8 Å². The summed E-state index contributed by atoms with van der Waals surface area (Å²) in [6.07, 6.45) is 0. The Morgan fingerprint density at radius 1 is 0.744 bits per heavy atom. The smallest absolute Gasteiger partial charge is 0.330 e. The van der Waals surface area contributed by atoms with E-state index in [0.29, 0.717) is 22.6 Å². The van der Waals surface area contributed by atoms with E-state index in [1.54, 1.807) is 27.4 Å². The number of hydrogen-bond donors (Lipinski definition) is 1. The van der Waals surface area contributed by atoms with Gasteiger partial charge in [0.25, 0.3) is 0 Å². The van der Waals surface area contributed by atoms with Crippen LogP contribution >= 0.6 is 0 Å². The maximum Gasteiger partial charge on any atom is 0.330 e. The second-order valence-electron chi connectivity index (χ2n) is 12.3. The summed E-state index contributed by atoms with van der Waals surface area (Å²) in [4.78, 5) is 0. The minimum absolute atomic E-state index is 0.332. The molecule has 0 saturated carbocycles. The maximum atomic E-state index is 10.6. The summed E-state index contributed by atoms with van der Waals surface area (Å²) >= 11 is 0. The van der Waals surface area contributed by atoms with E-state index >= 15 is 0 Å². The highest BCUT2D eigenvalue weighted by Gasteiger charge is 2.52. The third-order valence-corrected chi connectivity index (χ3v) is 9.23. The Bertz CT molecular complexity index is 2060. The summed E-state index contributed by atoms with van der Waals surface area (Å²) in [6.45, 7) is 7.20. The monoisotopic (exact) mass is 559 g/mol. The van der Waals surface area contributed by atoms with Crippen molar-refractivity contribution in [2.45, 2.75) is 44.3 Å². The molecule has 1 radical (unpaired) electrons. The minimum atomic E-state index is -1.03. The van der Waals surface area contributed by atoms with Crippen molar-refractivity contribution in [3.8, 4) is 34.8 Å². The van der Waals surface area contributed by atoms with Crippen LogP contribution in [-0.4, -0.2) is 23.8 Å². The molecule has 5 nitrogen and oxygen atoms in total. The van der Waals surface area contributed by atoms with Crippen LogP contribution in [0.5, 0.6) is 11.5 Å². The Hall–Kier alpha value is -4.88. The molecule has 0 fully saturated rings. The fraction of sp³-hybridized carbons (Fsp3) is 0.189. The van der Waals surface area contributed by atoms with Crippen LogP contribution in [0.1, 0.15) is 61.1 Å². The molecule has 207 valence electrons. The van der Waals surface area contributed by atoms with Crippen molar-refractivity contribution in [2.24, 2.45) is 0 Å². The Labute approximate surface area is 251 Å². The SMILES string of the molecule is CC(C)(O)C(C)(C)O[B]c1ccc2cc3c(cc2c1)C1(c2ccccc2Oc2c(C#N)cc(C#N)cc21)c1ccccc1-3. The molecule has 1 aliphatic carbocycles. The molecule has 6 heteroatoms. The zero-order valence-corrected chi connectivity index (χ0v) is 24.4. The molecular weight excluding hydrogens is 531 g/mol. The third kappa shape index (κ3) is 3.85. The number of hydrogen-bond acceptors (Lipinski definition) is 5. The highest BCUT2D eigenvalue weighted by molar-refractivity contribution is 6.47. The lowest BCUT2D eigenvalue weighted by atomic mass is 9.65. The van der Waals surface area contributed by atoms with Crippen molar-refractivity contribution in [2.75, 3.05) is 0 Å². The lowest BCUT2D eigenvalue weighted by molar-refractivity contribution is -0.0893. The highest BCUT2D eigenvalue weighted by atomic mass is 16.5. The maximum absolute atomic E-state index is 10.6. The van der Waals surface area contributed by atoms with E-state index in [9.17, 15) is 15.6 Å². The van der Waals surface area contributed by atoms with Crippen molar-refractivity contribution in [1.82, 2.24) is 0 Å². The van der Waals surface area contributed by atoms with Gasteiger partial charge >= 0.3 is 7.48 Å². The second kappa shape index (κ2) is 9.31. The normalized spacial score (nSPS) is 16.3. The zero-order valence-electron chi connectivity index (χ0n) is 24.4. The molecule has 1 spiro atoms. The summed E-state index contributed by atoms with van der Waals surface area (Å²) in [7, 11) is 1.70. The fourth-order valence-electron chi connectivity index (χ4n) is 6.34. The summed E-state index contributed by atoms with van der Waals surface area (Å²) in [5, 5.41) is 32.8. The van der Waals surface area contributed by atoms with Crippen molar-refractivity contribution < 1.29 is 14.5 Å². The van der Waals surface area contributed by atoms with Crippen LogP contribution in [0.25, 0.3) is 21.9 Å². The number of rotatable bonds is 4. The average molecular weight is 559 g/mol. The molecule has 0 amide bonds. The molecule has 0 aromatic heterocycles. The largest absolute Gasteiger partial charge is 0.455 e. The van der Waals surface area contributed by atoms with Crippen LogP contribution in [0.4, 0.5) is 0 Å². The van der Waals surface area contributed by atoms with Gasteiger partial charge in [-0.1, -0.05) is 66.1 Å². The number of fused-ring (bicyclic) bond motifs is 10. The molecule has 43 heavy (non-hydrogen) atoms. The molecule has 1 atom stereocenters. The molecule has 0 saturated heterocycles. The van der Waals surface area contributed by atoms with Crippen LogP contribution in [0.15, 0.2) is 91.0 Å². The van der Waals surface area contributed by atoms with Crippen LogP contribution in [0, 0.1) is 22.7 Å². The predicted octanol–water partition coefficient (Wildman–Crippen LogP) is 6.86. The molecule has 2 aliphatic rings. The minimum Gasteiger partial charge on any atom is -0.455 e. The van der Waals surface area contributed by atoms with E-state index in [2.05, 4.69) is 54.6 Å². The van der Waals surface area contributed by atoms with Gasteiger partial charge in [-0.3, -0.25) is 0 Å². The Balaban J connectivity index is 1.51. The quantitative estimate of drug-likeness (QED) is 0.238. The third-order valence-electron chi connectivity index (χ3n) is 9.23. The lowest BCUT2D eigenvalue weighted by Crippen LogP contribution is -2.49. The molecule has 1 aliphatic heterocycles. The molecule has 1 heterocycles. The topological polar surface area (TPSA) is 86.3 Å². The fourth-order valence-corrected chi connectivity index (χ4v) is 6.34. The zero-order chi connectivity index (χ0) is 30.1. The van der Waals surface area contributed by atoms with Gasteiger partial charge in [0.15, 0.2) is 0 Å². The average Bonchev–Trinajstić information content (AvgIpc) is 3.28. The standard InChI is InChI=1S/C37H28BN2O3/c1-35(2,41)36(3,4)43-38-26-14-13-23-18-28-27-9-5-6-10-29(27)37(31(28)19-24(23)17-26)30-11-7-8-12-33(30)42-34-25(21-40)15-22(20-39)16-32(34)37/h5-19,41H,1-4H3. The van der Waals surface area contributed by atoms with E-state index in [0.717, 1.165) is 49.6 Å². The lowest BCUT2D eigenvalue weighted by Gasteiger charge is -2.39. The van der Waals surface area contributed by atoms with E-state index < -0.39 is 16.6 Å². The van der Waals surface area contributed by atoms with Gasteiger partial charge in [0.1, 0.15) is 17.6 Å². The van der Waals surface area contributed by atoms with Crippen LogP contribution in [0.2, 0.25) is 0 Å². The molecule has 0 bridgehead atoms. The number of benzene rings is 5. The van der Waals surface area contributed by atoms with Crippen LogP contribution in [-0.2, 0) is 10.1 Å². The van der Waals surface area contributed by atoms with E-state index in [1.165, 1.54) is 0 Å². The molecule has 1 unspecified atom stereocenters. The Morgan fingerprint density at radius 2 is 1.49 bits per heavy atom. The van der Waals surface area contributed by atoms with Gasteiger partial charge < -0.3 is 14.5 Å². The van der Waals surface area contributed by atoms with E-state index in [-0.39, 0.29) is 0 Å². The van der Waals surface area contributed by atoms with Crippen molar-refractivity contribution in [3.05, 3.63) is 124 Å². The van der Waals surface area contributed by atoms with Gasteiger partial charge in [-0.2, -0.15) is 10.5 Å². The van der Waals surface area contributed by atoms with Crippen molar-refractivity contribution >= 4 is 23.7 Å². The Kier molecular flexibility index (Phi) is 5.85. The Morgan fingerprint density at radius 3 is 2.23 bits per heavy atom. The number of ether oxygens (including phenoxy) is 1. The summed E-state index contributed by atoms with van der Waals surface area (Å²) in [5.41, 5.74) is 5.08. The van der Waals surface area contributed by atoms with E-state index in [4.69, 9.17) is 9.39 Å². The summed E-state index contributed by atoms with van der Waals surface area (Å²) < 4.78 is 12.5. The number of para-hydroxylation sites is 1. The van der Waals surface area contributed by atoms with Crippen LogP contribution in [0.3, 0.4) is 0 Å². The molecular formula is C37H28BN2O3. The van der Waals surface area contributed by atoms with Crippen molar-refractivity contribution in [1.29, 1.82) is 10.5 Å². The number of nitrogens with zero attached hydrogens (tertiary/aromatic N) is 2. The van der Waals surface area contributed by atoms with Gasteiger partial charge in [0, 0.05) is 11.1 Å². The highest BCUT2D eigenvalue weighted by Crippen LogP contribution is 2.63. The van der Waals surface area contributed by atoms with Gasteiger partial charge in [-0.15, -0.1) is 0 Å². The number of aliphatic hydroxyl groups is 1. The first kappa shape index (κ1) is 27.0. The predicted molar refractivity (Wildman–Crippen MR) is 168 cm³/mol. The first-order valence-corrected chi connectivity index (χ1v) is 14.3. The van der Waals surface area contributed by atoms with Gasteiger partial charge in [0.2, 0.25) is 0 Å². The summed E-state index contributed by atoms with van der Waals surface area (Å²) in [5.74, 6) is 1.16. The first-order valence-electron chi connectivity index (χ1n) is 14.3. The second-order valence-corrected chi connectivity index (χ2v) is 12.3. The van der Waals surface area contributed by atoms with E-state index in [1.807, 2.05) is 56.3 Å².